The molecule has 8 heteroatoms. The highest BCUT2D eigenvalue weighted by Gasteiger charge is 2.50. The Morgan fingerprint density at radius 3 is 2.92 bits per heavy atom. The predicted octanol–water partition coefficient (Wildman–Crippen LogP) is 1.53. The summed E-state index contributed by atoms with van der Waals surface area (Å²) in [7, 11) is 0. The van der Waals surface area contributed by atoms with E-state index < -0.39 is 0 Å². The van der Waals surface area contributed by atoms with Crippen LogP contribution in [0.15, 0.2) is 22.9 Å². The number of amides is 1. The summed E-state index contributed by atoms with van der Waals surface area (Å²) < 4.78 is 16.9. The summed E-state index contributed by atoms with van der Waals surface area (Å²) in [6.45, 7) is 5.35. The van der Waals surface area contributed by atoms with E-state index in [0.29, 0.717) is 37.8 Å². The van der Waals surface area contributed by atoms with Gasteiger partial charge in [0.05, 0.1) is 25.4 Å². The van der Waals surface area contributed by atoms with Gasteiger partial charge in [0, 0.05) is 30.8 Å². The molecule has 0 aliphatic carbocycles. The Morgan fingerprint density at radius 2 is 2.20 bits per heavy atom. The first-order valence-corrected chi connectivity index (χ1v) is 8.36. The van der Waals surface area contributed by atoms with Crippen LogP contribution in [0.25, 0.3) is 0 Å². The zero-order valence-corrected chi connectivity index (χ0v) is 14.3. The number of aryl methyl sites for hydroxylation is 2. The van der Waals surface area contributed by atoms with E-state index in [1.165, 1.54) is 0 Å². The van der Waals surface area contributed by atoms with E-state index in [4.69, 9.17) is 14.0 Å². The molecule has 2 aromatic heterocycles. The normalized spacial score (nSPS) is 21.8. The van der Waals surface area contributed by atoms with E-state index in [1.54, 1.807) is 24.1 Å². The maximum atomic E-state index is 12.4. The molecule has 1 spiro atoms. The summed E-state index contributed by atoms with van der Waals surface area (Å²) in [5, 5.41) is 3.76. The van der Waals surface area contributed by atoms with E-state index in [0.717, 1.165) is 12.1 Å². The molecule has 2 fully saturated rings. The van der Waals surface area contributed by atoms with Gasteiger partial charge in [0.2, 0.25) is 5.76 Å². The quantitative estimate of drug-likeness (QED) is 0.834. The SMILES string of the molecule is Cc1cc(C(=O)N2CC3(CC(Oc4nccc(C)n4)CCO3)C2)on1. The fourth-order valence-corrected chi connectivity index (χ4v) is 3.35. The first-order chi connectivity index (χ1) is 12.0. The predicted molar refractivity (Wildman–Crippen MR) is 86.2 cm³/mol. The minimum atomic E-state index is -0.350. The molecule has 0 N–H and O–H groups in total. The number of aromatic nitrogens is 3. The van der Waals surface area contributed by atoms with Gasteiger partial charge >= 0.3 is 6.01 Å². The monoisotopic (exact) mass is 344 g/mol. The van der Waals surface area contributed by atoms with Crippen LogP contribution in [-0.4, -0.2) is 57.3 Å². The lowest BCUT2D eigenvalue weighted by atomic mass is 9.84. The molecule has 0 aromatic carbocycles. The fourth-order valence-electron chi connectivity index (χ4n) is 3.35. The van der Waals surface area contributed by atoms with Gasteiger partial charge in [-0.3, -0.25) is 4.79 Å². The third kappa shape index (κ3) is 3.21. The van der Waals surface area contributed by atoms with E-state index in [-0.39, 0.29) is 23.4 Å². The van der Waals surface area contributed by atoms with Gasteiger partial charge in [0.25, 0.3) is 5.91 Å². The molecule has 8 nitrogen and oxygen atoms in total. The molecule has 2 saturated heterocycles. The van der Waals surface area contributed by atoms with E-state index >= 15 is 0 Å². The lowest BCUT2D eigenvalue weighted by Gasteiger charge is -2.52. The Kier molecular flexibility index (Phi) is 3.91. The van der Waals surface area contributed by atoms with Crippen molar-refractivity contribution in [3.05, 3.63) is 35.5 Å². The number of hydrogen-bond donors (Lipinski definition) is 0. The van der Waals surface area contributed by atoms with Crippen molar-refractivity contribution >= 4 is 5.91 Å². The maximum Gasteiger partial charge on any atom is 0.316 e. The largest absolute Gasteiger partial charge is 0.460 e. The fraction of sp³-hybridized carbons (Fsp3) is 0.529. The van der Waals surface area contributed by atoms with Crippen molar-refractivity contribution in [2.45, 2.75) is 38.4 Å². The molecule has 1 unspecified atom stereocenters. The average Bonchev–Trinajstić information content (AvgIpc) is 2.99. The van der Waals surface area contributed by atoms with Gasteiger partial charge in [0.1, 0.15) is 11.7 Å². The number of carbonyl (C=O) groups excluding carboxylic acids is 1. The molecule has 4 heterocycles. The molecule has 0 radical (unpaired) electrons. The number of carbonyl (C=O) groups is 1. The second-order valence-electron chi connectivity index (χ2n) is 6.74. The molecule has 0 saturated carbocycles. The van der Waals surface area contributed by atoms with E-state index in [2.05, 4.69) is 15.1 Å². The third-order valence-corrected chi connectivity index (χ3v) is 4.58. The summed E-state index contributed by atoms with van der Waals surface area (Å²) in [5.41, 5.74) is 1.21. The van der Waals surface area contributed by atoms with Crippen molar-refractivity contribution in [2.75, 3.05) is 19.7 Å². The van der Waals surface area contributed by atoms with Gasteiger partial charge in [-0.25, -0.2) is 9.97 Å². The van der Waals surface area contributed by atoms with Crippen molar-refractivity contribution in [1.82, 2.24) is 20.0 Å². The standard InChI is InChI=1S/C17H20N4O4/c1-11-3-5-18-16(19-11)24-13-4-6-23-17(8-13)9-21(10-17)15(22)14-7-12(2)20-25-14/h3,5,7,13H,4,6,8-10H2,1-2H3. The maximum absolute atomic E-state index is 12.4. The van der Waals surface area contributed by atoms with Crippen molar-refractivity contribution in [1.29, 1.82) is 0 Å². The van der Waals surface area contributed by atoms with Gasteiger partial charge < -0.3 is 18.9 Å². The third-order valence-electron chi connectivity index (χ3n) is 4.58. The van der Waals surface area contributed by atoms with E-state index in [1.807, 2.05) is 13.0 Å². The number of hydrogen-bond acceptors (Lipinski definition) is 7. The highest BCUT2D eigenvalue weighted by Crippen LogP contribution is 2.36. The second-order valence-corrected chi connectivity index (χ2v) is 6.74. The van der Waals surface area contributed by atoms with Crippen LogP contribution >= 0.6 is 0 Å². The second kappa shape index (κ2) is 6.11. The molecule has 25 heavy (non-hydrogen) atoms. The van der Waals surface area contributed by atoms with Crippen molar-refractivity contribution in [3.63, 3.8) is 0 Å². The first-order valence-electron chi connectivity index (χ1n) is 8.36. The van der Waals surface area contributed by atoms with Gasteiger partial charge in [-0.2, -0.15) is 0 Å². The summed E-state index contributed by atoms with van der Waals surface area (Å²) >= 11 is 0. The van der Waals surface area contributed by atoms with Gasteiger partial charge in [-0.15, -0.1) is 0 Å². The number of ether oxygens (including phenoxy) is 2. The Morgan fingerprint density at radius 1 is 1.36 bits per heavy atom. The van der Waals surface area contributed by atoms with E-state index in [9.17, 15) is 4.79 Å². The summed E-state index contributed by atoms with van der Waals surface area (Å²) in [6.07, 6.45) is 3.17. The zero-order valence-electron chi connectivity index (χ0n) is 14.3. The smallest absolute Gasteiger partial charge is 0.316 e. The van der Waals surface area contributed by atoms with Crippen molar-refractivity contribution in [3.8, 4) is 6.01 Å². The van der Waals surface area contributed by atoms with Crippen LogP contribution in [0, 0.1) is 13.8 Å². The summed E-state index contributed by atoms with van der Waals surface area (Å²) in [5.74, 6) is 0.115. The molecular formula is C17H20N4O4. The van der Waals surface area contributed by atoms with Crippen LogP contribution in [0.1, 0.15) is 34.8 Å². The van der Waals surface area contributed by atoms with Crippen LogP contribution in [0.3, 0.4) is 0 Å². The van der Waals surface area contributed by atoms with Crippen LogP contribution < -0.4 is 4.74 Å². The Balaban J connectivity index is 1.37. The topological polar surface area (TPSA) is 90.6 Å². The summed E-state index contributed by atoms with van der Waals surface area (Å²) in [6, 6.07) is 3.88. The molecule has 1 amide bonds. The molecule has 4 rings (SSSR count). The highest BCUT2D eigenvalue weighted by molar-refractivity contribution is 5.92. The van der Waals surface area contributed by atoms with Crippen LogP contribution in [-0.2, 0) is 4.74 Å². The lowest BCUT2D eigenvalue weighted by Crippen LogP contribution is -2.67. The molecule has 2 aliphatic rings. The van der Waals surface area contributed by atoms with Crippen LogP contribution in [0.4, 0.5) is 0 Å². The Bertz CT molecular complexity index is 784. The first kappa shape index (κ1) is 16.0. The Labute approximate surface area is 145 Å². The van der Waals surface area contributed by atoms with Crippen LogP contribution in [0.2, 0.25) is 0 Å². The molecule has 0 bridgehead atoms. The minimum Gasteiger partial charge on any atom is -0.460 e. The molecular weight excluding hydrogens is 324 g/mol. The molecule has 132 valence electrons. The van der Waals surface area contributed by atoms with Gasteiger partial charge in [-0.05, 0) is 19.9 Å². The van der Waals surface area contributed by atoms with Crippen LogP contribution in [0.5, 0.6) is 6.01 Å². The summed E-state index contributed by atoms with van der Waals surface area (Å²) in [4.78, 5) is 22.5. The number of likely N-dealkylation sites (tertiary alicyclic amines) is 1. The van der Waals surface area contributed by atoms with Crippen molar-refractivity contribution < 1.29 is 18.8 Å². The van der Waals surface area contributed by atoms with Gasteiger partial charge in [0.15, 0.2) is 0 Å². The average molecular weight is 344 g/mol. The number of rotatable bonds is 3. The molecule has 2 aliphatic heterocycles. The molecule has 2 aromatic rings. The van der Waals surface area contributed by atoms with Crippen molar-refractivity contribution in [2.24, 2.45) is 0 Å². The Hall–Kier alpha value is -2.48. The zero-order chi connectivity index (χ0) is 17.4. The minimum absolute atomic E-state index is 0.0136. The molecule has 1 atom stereocenters. The number of nitrogens with zero attached hydrogens (tertiary/aromatic N) is 4. The highest BCUT2D eigenvalue weighted by atomic mass is 16.5. The van der Waals surface area contributed by atoms with Gasteiger partial charge in [-0.1, -0.05) is 5.16 Å². The lowest BCUT2D eigenvalue weighted by molar-refractivity contribution is -0.174.